The number of imidazole rings is 1. The summed E-state index contributed by atoms with van der Waals surface area (Å²) in [5.41, 5.74) is 1.11. The molecule has 0 amide bonds. The van der Waals surface area contributed by atoms with Gasteiger partial charge in [-0.3, -0.25) is 9.69 Å². The number of carbonyl (C=O) groups excluding carboxylic acids is 1. The Labute approximate surface area is 126 Å². The van der Waals surface area contributed by atoms with Crippen molar-refractivity contribution in [2.45, 2.75) is 32.9 Å². The maximum Gasteiger partial charge on any atom is 0.307 e. The van der Waals surface area contributed by atoms with Crippen molar-refractivity contribution in [3.63, 3.8) is 0 Å². The van der Waals surface area contributed by atoms with E-state index in [-0.39, 0.29) is 12.0 Å². The first-order valence-corrected chi connectivity index (χ1v) is 7.74. The van der Waals surface area contributed by atoms with Gasteiger partial charge in [-0.1, -0.05) is 0 Å². The average molecular weight is 294 g/mol. The average Bonchev–Trinajstić information content (AvgIpc) is 2.94. The summed E-state index contributed by atoms with van der Waals surface area (Å²) in [5.74, 6) is -0.134. The fourth-order valence-corrected chi connectivity index (χ4v) is 2.80. The lowest BCUT2D eigenvalue weighted by molar-refractivity contribution is -0.144. The number of piperazine rings is 1. The SMILES string of the molecule is CCOC(=O)CC(c1cncn1CC)N1CCN(C)CC1. The third-order valence-corrected chi connectivity index (χ3v) is 4.07. The number of aromatic nitrogens is 2. The van der Waals surface area contributed by atoms with Crippen LogP contribution in [-0.2, 0) is 16.1 Å². The molecule has 1 aromatic heterocycles. The molecule has 1 fully saturated rings. The highest BCUT2D eigenvalue weighted by atomic mass is 16.5. The number of hydrogen-bond donors (Lipinski definition) is 0. The number of rotatable bonds is 6. The predicted octanol–water partition coefficient (Wildman–Crippen LogP) is 1.14. The van der Waals surface area contributed by atoms with Gasteiger partial charge in [-0.05, 0) is 20.9 Å². The number of carbonyl (C=O) groups is 1. The second-order valence-electron chi connectivity index (χ2n) is 5.47. The second-order valence-corrected chi connectivity index (χ2v) is 5.47. The van der Waals surface area contributed by atoms with E-state index in [9.17, 15) is 4.79 Å². The first-order valence-electron chi connectivity index (χ1n) is 7.74. The van der Waals surface area contributed by atoms with Gasteiger partial charge in [0.05, 0.1) is 31.1 Å². The van der Waals surface area contributed by atoms with Crippen molar-refractivity contribution in [1.29, 1.82) is 0 Å². The van der Waals surface area contributed by atoms with Gasteiger partial charge < -0.3 is 14.2 Å². The Kier molecular flexibility index (Phi) is 5.76. The maximum atomic E-state index is 12.0. The van der Waals surface area contributed by atoms with E-state index in [1.165, 1.54) is 0 Å². The minimum atomic E-state index is -0.134. The van der Waals surface area contributed by atoms with Crippen LogP contribution in [0, 0.1) is 0 Å². The largest absolute Gasteiger partial charge is 0.466 e. The molecule has 2 heterocycles. The first kappa shape index (κ1) is 16.0. The molecule has 6 nitrogen and oxygen atoms in total. The molecule has 2 rings (SSSR count). The van der Waals surface area contributed by atoms with Crippen LogP contribution in [0.25, 0.3) is 0 Å². The fourth-order valence-electron chi connectivity index (χ4n) is 2.80. The number of aryl methyl sites for hydroxylation is 1. The van der Waals surface area contributed by atoms with Crippen molar-refractivity contribution in [2.24, 2.45) is 0 Å². The second kappa shape index (κ2) is 7.56. The summed E-state index contributed by atoms with van der Waals surface area (Å²) >= 11 is 0. The van der Waals surface area contributed by atoms with Gasteiger partial charge in [-0.15, -0.1) is 0 Å². The molecule has 118 valence electrons. The van der Waals surface area contributed by atoms with Crippen LogP contribution in [-0.4, -0.2) is 65.2 Å². The van der Waals surface area contributed by atoms with Crippen LogP contribution in [0.4, 0.5) is 0 Å². The lowest BCUT2D eigenvalue weighted by Crippen LogP contribution is -2.46. The Morgan fingerprint density at radius 1 is 1.33 bits per heavy atom. The molecule has 21 heavy (non-hydrogen) atoms. The quantitative estimate of drug-likeness (QED) is 0.737. The van der Waals surface area contributed by atoms with E-state index in [2.05, 4.69) is 33.3 Å². The van der Waals surface area contributed by atoms with Gasteiger partial charge in [0.15, 0.2) is 0 Å². The topological polar surface area (TPSA) is 50.6 Å². The molecule has 1 saturated heterocycles. The van der Waals surface area contributed by atoms with Crippen LogP contribution in [0.2, 0.25) is 0 Å². The van der Waals surface area contributed by atoms with Gasteiger partial charge in [-0.25, -0.2) is 4.98 Å². The third-order valence-electron chi connectivity index (χ3n) is 4.07. The molecule has 0 saturated carbocycles. The van der Waals surface area contributed by atoms with Gasteiger partial charge in [0.2, 0.25) is 0 Å². The van der Waals surface area contributed by atoms with Gasteiger partial charge in [-0.2, -0.15) is 0 Å². The van der Waals surface area contributed by atoms with Crippen molar-refractivity contribution in [3.8, 4) is 0 Å². The van der Waals surface area contributed by atoms with Crippen molar-refractivity contribution in [2.75, 3.05) is 39.8 Å². The molecule has 1 aliphatic rings. The highest BCUT2D eigenvalue weighted by molar-refractivity contribution is 5.70. The van der Waals surface area contributed by atoms with Gasteiger partial charge in [0, 0.05) is 38.9 Å². The number of hydrogen-bond acceptors (Lipinski definition) is 5. The standard InChI is InChI=1S/C15H26N4O2/c1-4-18-12-16-11-14(18)13(10-15(20)21-5-2)19-8-6-17(3)7-9-19/h11-13H,4-10H2,1-3H3. The maximum absolute atomic E-state index is 12.0. The van der Waals surface area contributed by atoms with Crippen LogP contribution >= 0.6 is 0 Å². The lowest BCUT2D eigenvalue weighted by atomic mass is 10.1. The molecule has 6 heteroatoms. The number of esters is 1. The molecule has 1 unspecified atom stereocenters. The van der Waals surface area contributed by atoms with Crippen LogP contribution in [0.3, 0.4) is 0 Å². The molecule has 0 radical (unpaired) electrons. The smallest absolute Gasteiger partial charge is 0.307 e. The van der Waals surface area contributed by atoms with Crippen LogP contribution in [0.15, 0.2) is 12.5 Å². The Bertz CT molecular complexity index is 452. The molecule has 1 aliphatic heterocycles. The van der Waals surface area contributed by atoms with E-state index in [1.54, 1.807) is 0 Å². The lowest BCUT2D eigenvalue weighted by Gasteiger charge is -2.37. The van der Waals surface area contributed by atoms with Crippen LogP contribution in [0.5, 0.6) is 0 Å². The summed E-state index contributed by atoms with van der Waals surface area (Å²) in [6.07, 6.45) is 4.11. The number of nitrogens with zero attached hydrogens (tertiary/aromatic N) is 4. The van der Waals surface area contributed by atoms with E-state index >= 15 is 0 Å². The predicted molar refractivity (Wildman–Crippen MR) is 81.0 cm³/mol. The first-order chi connectivity index (χ1) is 10.2. The van der Waals surface area contributed by atoms with Crippen LogP contribution in [0.1, 0.15) is 32.0 Å². The summed E-state index contributed by atoms with van der Waals surface area (Å²) in [5, 5.41) is 0. The Hall–Kier alpha value is -1.40. The summed E-state index contributed by atoms with van der Waals surface area (Å²) in [6, 6.07) is 0.0557. The summed E-state index contributed by atoms with van der Waals surface area (Å²) in [4.78, 5) is 20.9. The van der Waals surface area contributed by atoms with E-state index < -0.39 is 0 Å². The summed E-state index contributed by atoms with van der Waals surface area (Å²) in [7, 11) is 2.13. The highest BCUT2D eigenvalue weighted by Gasteiger charge is 2.28. The Balaban J connectivity index is 2.15. The highest BCUT2D eigenvalue weighted by Crippen LogP contribution is 2.26. The van der Waals surface area contributed by atoms with E-state index in [0.717, 1.165) is 38.4 Å². The zero-order chi connectivity index (χ0) is 15.2. The molecular formula is C15H26N4O2. The Morgan fingerprint density at radius 2 is 2.05 bits per heavy atom. The van der Waals surface area contributed by atoms with Crippen molar-refractivity contribution < 1.29 is 9.53 Å². The number of ether oxygens (including phenoxy) is 1. The molecule has 0 aliphatic carbocycles. The third kappa shape index (κ3) is 4.04. The van der Waals surface area contributed by atoms with Crippen LogP contribution < -0.4 is 0 Å². The van der Waals surface area contributed by atoms with Gasteiger partial charge >= 0.3 is 5.97 Å². The van der Waals surface area contributed by atoms with Gasteiger partial charge in [0.1, 0.15) is 0 Å². The fraction of sp³-hybridized carbons (Fsp3) is 0.733. The van der Waals surface area contributed by atoms with Crippen molar-refractivity contribution in [1.82, 2.24) is 19.4 Å². The number of likely N-dealkylation sites (N-methyl/N-ethyl adjacent to an activating group) is 1. The van der Waals surface area contributed by atoms with E-state index in [0.29, 0.717) is 13.0 Å². The molecule has 0 bridgehead atoms. The van der Waals surface area contributed by atoms with Gasteiger partial charge in [0.25, 0.3) is 0 Å². The minimum absolute atomic E-state index is 0.0557. The summed E-state index contributed by atoms with van der Waals surface area (Å²) in [6.45, 7) is 9.23. The molecule has 0 aromatic carbocycles. The monoisotopic (exact) mass is 294 g/mol. The normalized spacial score (nSPS) is 18.6. The summed E-state index contributed by atoms with van der Waals surface area (Å²) < 4.78 is 7.26. The van der Waals surface area contributed by atoms with Crippen molar-refractivity contribution in [3.05, 3.63) is 18.2 Å². The zero-order valence-corrected chi connectivity index (χ0v) is 13.3. The van der Waals surface area contributed by atoms with Crippen molar-refractivity contribution >= 4 is 5.97 Å². The van der Waals surface area contributed by atoms with E-state index in [1.807, 2.05) is 19.4 Å². The molecule has 0 spiro atoms. The molecule has 0 N–H and O–H groups in total. The zero-order valence-electron chi connectivity index (χ0n) is 13.3. The molecule has 1 atom stereocenters. The molecule has 1 aromatic rings. The van der Waals surface area contributed by atoms with E-state index in [4.69, 9.17) is 4.74 Å². The Morgan fingerprint density at radius 3 is 2.67 bits per heavy atom. The molecular weight excluding hydrogens is 268 g/mol. The minimum Gasteiger partial charge on any atom is -0.466 e.